The minimum absolute atomic E-state index is 0.0861. The molecule has 1 aliphatic heterocycles. The predicted octanol–water partition coefficient (Wildman–Crippen LogP) is 3.34. The Morgan fingerprint density at radius 2 is 1.67 bits per heavy atom. The molecular weight excluding hydrogens is 438 g/mol. The summed E-state index contributed by atoms with van der Waals surface area (Å²) in [5.41, 5.74) is -0.113. The molecule has 2 aromatic rings. The minimum Gasteiger partial charge on any atom is -0.492 e. The van der Waals surface area contributed by atoms with E-state index < -0.39 is 36.6 Å². The van der Waals surface area contributed by atoms with Crippen LogP contribution in [0.1, 0.15) is 26.2 Å². The summed E-state index contributed by atoms with van der Waals surface area (Å²) in [6.45, 7) is 2.62. The number of piperidine rings is 1. The molecule has 164 valence electrons. The van der Waals surface area contributed by atoms with Crippen LogP contribution < -0.4 is 9.46 Å². The van der Waals surface area contributed by atoms with Crippen molar-refractivity contribution < 1.29 is 30.4 Å². The van der Waals surface area contributed by atoms with Crippen LogP contribution in [0.3, 0.4) is 0 Å². The third kappa shape index (κ3) is 4.73. The zero-order valence-corrected chi connectivity index (χ0v) is 17.9. The first-order valence-corrected chi connectivity index (χ1v) is 12.3. The summed E-state index contributed by atoms with van der Waals surface area (Å²) in [5.74, 6) is -1.96. The zero-order chi connectivity index (χ0) is 21.9. The monoisotopic (exact) mass is 460 g/mol. The van der Waals surface area contributed by atoms with Crippen LogP contribution in [0, 0.1) is 11.6 Å². The Morgan fingerprint density at radius 3 is 2.33 bits per heavy atom. The van der Waals surface area contributed by atoms with Gasteiger partial charge in [0.05, 0.1) is 12.3 Å². The Morgan fingerprint density at radius 1 is 0.967 bits per heavy atom. The lowest BCUT2D eigenvalue weighted by Gasteiger charge is -2.27. The van der Waals surface area contributed by atoms with Gasteiger partial charge in [-0.3, -0.25) is 4.72 Å². The number of anilines is 1. The Bertz CT molecular complexity index is 1130. The summed E-state index contributed by atoms with van der Waals surface area (Å²) in [7, 11) is -8.43. The van der Waals surface area contributed by atoms with Crippen LogP contribution in [0.15, 0.2) is 46.2 Å². The van der Waals surface area contributed by atoms with Crippen molar-refractivity contribution in [2.75, 3.05) is 24.4 Å². The van der Waals surface area contributed by atoms with Crippen LogP contribution in [0.4, 0.5) is 14.5 Å². The van der Waals surface area contributed by atoms with Crippen molar-refractivity contribution in [3.8, 4) is 5.75 Å². The second-order valence-electron chi connectivity index (χ2n) is 6.74. The van der Waals surface area contributed by atoms with Gasteiger partial charge in [-0.25, -0.2) is 25.6 Å². The number of rotatable bonds is 7. The molecule has 0 aromatic heterocycles. The molecule has 1 saturated heterocycles. The summed E-state index contributed by atoms with van der Waals surface area (Å²) in [4.78, 5) is -1.07. The van der Waals surface area contributed by atoms with E-state index in [1.807, 2.05) is 0 Å². The number of benzene rings is 2. The normalized spacial score (nSPS) is 15.7. The van der Waals surface area contributed by atoms with Crippen LogP contribution in [0.2, 0.25) is 0 Å². The second-order valence-corrected chi connectivity index (χ2v) is 10.3. The van der Waals surface area contributed by atoms with Crippen molar-refractivity contribution in [2.45, 2.75) is 36.0 Å². The Balaban J connectivity index is 2.01. The second kappa shape index (κ2) is 8.86. The molecule has 0 radical (unpaired) electrons. The van der Waals surface area contributed by atoms with Gasteiger partial charge in [-0.05, 0) is 56.2 Å². The van der Waals surface area contributed by atoms with Crippen molar-refractivity contribution in [3.63, 3.8) is 0 Å². The van der Waals surface area contributed by atoms with E-state index in [-0.39, 0.29) is 22.9 Å². The number of nitrogens with one attached hydrogen (secondary N) is 1. The molecule has 11 heteroatoms. The van der Waals surface area contributed by atoms with Gasteiger partial charge >= 0.3 is 0 Å². The quantitative estimate of drug-likeness (QED) is 0.684. The van der Waals surface area contributed by atoms with Crippen molar-refractivity contribution in [1.29, 1.82) is 0 Å². The summed E-state index contributed by atoms with van der Waals surface area (Å²) in [6, 6.07) is 5.82. The zero-order valence-electron chi connectivity index (χ0n) is 16.3. The Kier molecular flexibility index (Phi) is 6.63. The van der Waals surface area contributed by atoms with Gasteiger partial charge in [-0.1, -0.05) is 6.42 Å². The number of halogens is 2. The highest BCUT2D eigenvalue weighted by atomic mass is 32.2. The van der Waals surface area contributed by atoms with Gasteiger partial charge in [-0.2, -0.15) is 4.31 Å². The number of sulfonamides is 2. The fraction of sp³-hybridized carbons (Fsp3) is 0.368. The van der Waals surface area contributed by atoms with Crippen molar-refractivity contribution in [1.82, 2.24) is 4.31 Å². The fourth-order valence-corrected chi connectivity index (χ4v) is 6.00. The molecule has 3 rings (SSSR count). The van der Waals surface area contributed by atoms with E-state index in [4.69, 9.17) is 4.74 Å². The molecule has 1 heterocycles. The molecule has 2 aromatic carbocycles. The molecule has 0 aliphatic carbocycles. The molecule has 1 N–H and O–H groups in total. The topological polar surface area (TPSA) is 92.8 Å². The van der Waals surface area contributed by atoms with E-state index in [1.165, 1.54) is 16.4 Å². The summed E-state index contributed by atoms with van der Waals surface area (Å²) in [6.07, 6.45) is 2.39. The highest BCUT2D eigenvalue weighted by Crippen LogP contribution is 2.32. The highest BCUT2D eigenvalue weighted by molar-refractivity contribution is 7.92. The first kappa shape index (κ1) is 22.4. The molecule has 0 bridgehead atoms. The maximum atomic E-state index is 13.9. The maximum Gasteiger partial charge on any atom is 0.264 e. The summed E-state index contributed by atoms with van der Waals surface area (Å²) in [5, 5.41) is 0. The van der Waals surface area contributed by atoms with Crippen LogP contribution in [-0.4, -0.2) is 40.8 Å². The number of hydrogen-bond donors (Lipinski definition) is 1. The van der Waals surface area contributed by atoms with Crippen molar-refractivity contribution in [3.05, 3.63) is 48.0 Å². The number of hydrogen-bond acceptors (Lipinski definition) is 5. The van der Waals surface area contributed by atoms with E-state index in [0.717, 1.165) is 31.4 Å². The van der Waals surface area contributed by atoms with E-state index in [9.17, 15) is 25.6 Å². The van der Waals surface area contributed by atoms with Crippen molar-refractivity contribution >= 4 is 25.7 Å². The summed E-state index contributed by atoms with van der Waals surface area (Å²) < 4.78 is 87.6. The van der Waals surface area contributed by atoms with Gasteiger partial charge in [0.1, 0.15) is 27.2 Å². The standard InChI is InChI=1S/C19H22F2N2O5S2/c1-2-28-17-9-7-15(13-19(17)30(26,27)23-10-4-3-5-11-23)22-29(24,25)18-12-14(20)6-8-16(18)21/h6-9,12-13,22H,2-5,10-11H2,1H3. The van der Waals surface area contributed by atoms with Gasteiger partial charge in [0.15, 0.2) is 0 Å². The van der Waals surface area contributed by atoms with E-state index >= 15 is 0 Å². The SMILES string of the molecule is CCOc1ccc(NS(=O)(=O)c2cc(F)ccc2F)cc1S(=O)(=O)N1CCCCC1. The van der Waals surface area contributed by atoms with Crippen LogP contribution >= 0.6 is 0 Å². The van der Waals surface area contributed by atoms with E-state index in [0.29, 0.717) is 25.2 Å². The molecule has 1 fully saturated rings. The summed E-state index contributed by atoms with van der Waals surface area (Å²) >= 11 is 0. The Hall–Kier alpha value is -2.24. The lowest BCUT2D eigenvalue weighted by Crippen LogP contribution is -2.35. The van der Waals surface area contributed by atoms with Gasteiger partial charge in [-0.15, -0.1) is 0 Å². The minimum atomic E-state index is -4.49. The Labute approximate surface area is 174 Å². The number of ether oxygens (including phenoxy) is 1. The lowest BCUT2D eigenvalue weighted by atomic mass is 10.2. The third-order valence-corrected chi connectivity index (χ3v) is 7.93. The fourth-order valence-electron chi connectivity index (χ4n) is 3.19. The predicted molar refractivity (Wildman–Crippen MR) is 107 cm³/mol. The maximum absolute atomic E-state index is 13.9. The molecular formula is C19H22F2N2O5S2. The highest BCUT2D eigenvalue weighted by Gasteiger charge is 2.30. The first-order valence-electron chi connectivity index (χ1n) is 9.40. The van der Waals surface area contributed by atoms with Crippen LogP contribution in [0.5, 0.6) is 5.75 Å². The van der Waals surface area contributed by atoms with Crippen LogP contribution in [-0.2, 0) is 20.0 Å². The van der Waals surface area contributed by atoms with Gasteiger partial charge in [0, 0.05) is 13.1 Å². The van der Waals surface area contributed by atoms with Crippen LogP contribution in [0.25, 0.3) is 0 Å². The molecule has 0 spiro atoms. The molecule has 7 nitrogen and oxygen atoms in total. The molecule has 1 aliphatic rings. The average molecular weight is 461 g/mol. The molecule has 0 amide bonds. The number of nitrogens with zero attached hydrogens (tertiary/aromatic N) is 1. The molecule has 0 unspecified atom stereocenters. The molecule has 30 heavy (non-hydrogen) atoms. The van der Waals surface area contributed by atoms with Gasteiger partial charge < -0.3 is 4.74 Å². The van der Waals surface area contributed by atoms with E-state index in [2.05, 4.69) is 4.72 Å². The molecule has 0 saturated carbocycles. The molecule has 0 atom stereocenters. The van der Waals surface area contributed by atoms with Gasteiger partial charge in [0.25, 0.3) is 10.0 Å². The average Bonchev–Trinajstić information content (AvgIpc) is 2.71. The smallest absolute Gasteiger partial charge is 0.264 e. The third-order valence-electron chi connectivity index (χ3n) is 4.61. The largest absolute Gasteiger partial charge is 0.492 e. The van der Waals surface area contributed by atoms with Crippen molar-refractivity contribution in [2.24, 2.45) is 0 Å². The van der Waals surface area contributed by atoms with E-state index in [1.54, 1.807) is 6.92 Å². The van der Waals surface area contributed by atoms with Gasteiger partial charge in [0.2, 0.25) is 10.0 Å². The lowest BCUT2D eigenvalue weighted by molar-refractivity contribution is 0.323. The first-order chi connectivity index (χ1) is 14.1.